The molecule has 0 aliphatic rings. The second-order valence-electron chi connectivity index (χ2n) is 5.81. The molecule has 0 fully saturated rings. The summed E-state index contributed by atoms with van der Waals surface area (Å²) < 4.78 is 5.55. The van der Waals surface area contributed by atoms with Crippen LogP contribution in [0.2, 0.25) is 5.02 Å². The number of anilines is 1. The molecular weight excluding hydrogens is 338 g/mol. The van der Waals surface area contributed by atoms with Gasteiger partial charge >= 0.3 is 0 Å². The monoisotopic (exact) mass is 355 g/mol. The first-order valence-corrected chi connectivity index (χ1v) is 8.28. The molecule has 128 valence electrons. The van der Waals surface area contributed by atoms with Crippen LogP contribution in [0.25, 0.3) is 11.3 Å². The number of carbonyl (C=O) groups is 1. The second-order valence-corrected chi connectivity index (χ2v) is 6.24. The quantitative estimate of drug-likeness (QED) is 0.704. The Hall–Kier alpha value is -2.56. The van der Waals surface area contributed by atoms with Gasteiger partial charge in [-0.1, -0.05) is 35.9 Å². The fourth-order valence-electron chi connectivity index (χ4n) is 2.51. The molecule has 2 aromatic carbocycles. The molecule has 2 N–H and O–H groups in total. The molecule has 0 radical (unpaired) electrons. The lowest BCUT2D eigenvalue weighted by Gasteiger charge is -2.10. The van der Waals surface area contributed by atoms with Crippen LogP contribution in [0.5, 0.6) is 0 Å². The molecule has 0 aliphatic heterocycles. The number of hydrogen-bond donors (Lipinski definition) is 2. The molecule has 1 heterocycles. The van der Waals surface area contributed by atoms with E-state index in [1.54, 1.807) is 24.3 Å². The Morgan fingerprint density at radius 2 is 1.88 bits per heavy atom. The first-order chi connectivity index (χ1) is 12.0. The van der Waals surface area contributed by atoms with Crippen LogP contribution in [0.4, 0.5) is 5.69 Å². The highest BCUT2D eigenvalue weighted by atomic mass is 35.5. The number of rotatable bonds is 5. The highest BCUT2D eigenvalue weighted by Gasteiger charge is 2.10. The summed E-state index contributed by atoms with van der Waals surface area (Å²) in [5.74, 6) is 1.05. The number of amides is 1. The summed E-state index contributed by atoms with van der Waals surface area (Å²) in [6, 6.07) is 16.5. The molecule has 25 heavy (non-hydrogen) atoms. The minimum absolute atomic E-state index is 0.0990. The molecule has 0 unspecified atom stereocenters. The zero-order chi connectivity index (χ0) is 17.8. The van der Waals surface area contributed by atoms with Crippen molar-refractivity contribution in [2.45, 2.75) is 20.0 Å². The molecule has 0 bridgehead atoms. The maximum Gasteiger partial charge on any atom is 0.228 e. The summed E-state index contributed by atoms with van der Waals surface area (Å²) >= 11 is 5.86. The van der Waals surface area contributed by atoms with Gasteiger partial charge in [0.2, 0.25) is 5.91 Å². The predicted molar refractivity (Wildman–Crippen MR) is 98.6 cm³/mol. The minimum atomic E-state index is -0.142. The lowest BCUT2D eigenvalue weighted by Crippen LogP contribution is -2.15. The minimum Gasteiger partial charge on any atom is -0.459 e. The summed E-state index contributed by atoms with van der Waals surface area (Å²) in [5.41, 5.74) is 3.43. The van der Waals surface area contributed by atoms with E-state index in [-0.39, 0.29) is 18.9 Å². The zero-order valence-electron chi connectivity index (χ0n) is 13.8. The molecule has 0 saturated carbocycles. The third-order valence-corrected chi connectivity index (χ3v) is 4.14. The molecule has 3 rings (SSSR count). The third kappa shape index (κ3) is 4.29. The van der Waals surface area contributed by atoms with Gasteiger partial charge in [-0.15, -0.1) is 0 Å². The number of hydrogen-bond acceptors (Lipinski definition) is 3. The van der Waals surface area contributed by atoms with Crippen molar-refractivity contribution in [2.75, 3.05) is 5.32 Å². The SMILES string of the molecule is Cc1ccc(-c2ccc(CO)o2)cc1NC(=O)Cc1ccc(Cl)cc1. The maximum atomic E-state index is 12.3. The molecule has 0 spiro atoms. The van der Waals surface area contributed by atoms with E-state index in [1.807, 2.05) is 37.3 Å². The van der Waals surface area contributed by atoms with Crippen molar-refractivity contribution in [3.05, 3.63) is 76.5 Å². The van der Waals surface area contributed by atoms with Gasteiger partial charge in [-0.25, -0.2) is 0 Å². The normalized spacial score (nSPS) is 10.7. The van der Waals surface area contributed by atoms with Crippen LogP contribution in [0.15, 0.2) is 59.0 Å². The van der Waals surface area contributed by atoms with Crippen LogP contribution < -0.4 is 5.32 Å². The fraction of sp³-hybridized carbons (Fsp3) is 0.150. The van der Waals surface area contributed by atoms with Gasteiger partial charge in [0.05, 0.1) is 6.42 Å². The Labute approximate surface area is 151 Å². The van der Waals surface area contributed by atoms with E-state index in [1.165, 1.54) is 0 Å². The van der Waals surface area contributed by atoms with Gasteiger partial charge in [0.15, 0.2) is 0 Å². The van der Waals surface area contributed by atoms with Crippen LogP contribution >= 0.6 is 11.6 Å². The molecule has 0 saturated heterocycles. The Kier molecular flexibility index (Phi) is 5.22. The van der Waals surface area contributed by atoms with E-state index in [2.05, 4.69) is 5.32 Å². The Morgan fingerprint density at radius 1 is 1.12 bits per heavy atom. The number of aliphatic hydroxyl groups is 1. The van der Waals surface area contributed by atoms with Gasteiger partial charge in [0.1, 0.15) is 18.1 Å². The number of aryl methyl sites for hydroxylation is 1. The lowest BCUT2D eigenvalue weighted by atomic mass is 10.1. The fourth-order valence-corrected chi connectivity index (χ4v) is 2.64. The average molecular weight is 356 g/mol. The smallest absolute Gasteiger partial charge is 0.228 e. The van der Waals surface area contributed by atoms with Crippen molar-refractivity contribution in [2.24, 2.45) is 0 Å². The van der Waals surface area contributed by atoms with E-state index < -0.39 is 0 Å². The van der Waals surface area contributed by atoms with Crippen molar-refractivity contribution >= 4 is 23.2 Å². The zero-order valence-corrected chi connectivity index (χ0v) is 14.5. The van der Waals surface area contributed by atoms with E-state index in [0.29, 0.717) is 16.5 Å². The Morgan fingerprint density at radius 3 is 2.56 bits per heavy atom. The van der Waals surface area contributed by atoms with Crippen LogP contribution in [-0.4, -0.2) is 11.0 Å². The average Bonchev–Trinajstić information content (AvgIpc) is 3.08. The molecule has 4 nitrogen and oxygen atoms in total. The molecule has 1 amide bonds. The van der Waals surface area contributed by atoms with Gasteiger partial charge in [-0.05, 0) is 48.4 Å². The van der Waals surface area contributed by atoms with E-state index in [9.17, 15) is 4.79 Å². The third-order valence-electron chi connectivity index (χ3n) is 3.89. The van der Waals surface area contributed by atoms with Crippen molar-refractivity contribution in [1.29, 1.82) is 0 Å². The van der Waals surface area contributed by atoms with Crippen molar-refractivity contribution in [3.8, 4) is 11.3 Å². The Bertz CT molecular complexity index is 884. The number of carbonyl (C=O) groups excluding carboxylic acids is 1. The summed E-state index contributed by atoms with van der Waals surface area (Å²) in [7, 11) is 0. The summed E-state index contributed by atoms with van der Waals surface area (Å²) in [4.78, 5) is 12.3. The van der Waals surface area contributed by atoms with E-state index in [4.69, 9.17) is 21.1 Å². The molecule has 5 heteroatoms. The lowest BCUT2D eigenvalue weighted by molar-refractivity contribution is -0.115. The first kappa shape index (κ1) is 17.3. The van der Waals surface area contributed by atoms with Crippen molar-refractivity contribution < 1.29 is 14.3 Å². The summed E-state index contributed by atoms with van der Waals surface area (Å²) in [5, 5.41) is 12.7. The number of furan rings is 1. The number of halogens is 1. The largest absolute Gasteiger partial charge is 0.459 e. The van der Waals surface area contributed by atoms with Crippen molar-refractivity contribution in [1.82, 2.24) is 0 Å². The number of benzene rings is 2. The van der Waals surface area contributed by atoms with E-state index in [0.717, 1.165) is 22.4 Å². The predicted octanol–water partition coefficient (Wildman–Crippen LogP) is 4.58. The standard InChI is InChI=1S/C20H18ClNO3/c1-13-2-5-15(19-9-8-17(12-23)25-19)11-18(13)22-20(24)10-14-3-6-16(21)7-4-14/h2-9,11,23H,10,12H2,1H3,(H,22,24). The van der Waals surface area contributed by atoms with Crippen molar-refractivity contribution in [3.63, 3.8) is 0 Å². The molecule has 3 aromatic rings. The summed E-state index contributed by atoms with van der Waals surface area (Å²) in [6.07, 6.45) is 0.274. The van der Waals surface area contributed by atoms with Crippen LogP contribution in [0.3, 0.4) is 0 Å². The van der Waals surface area contributed by atoms with E-state index >= 15 is 0 Å². The van der Waals surface area contributed by atoms with Gasteiger partial charge in [0, 0.05) is 16.3 Å². The van der Waals surface area contributed by atoms with Crippen LogP contribution in [0.1, 0.15) is 16.9 Å². The number of aliphatic hydroxyl groups excluding tert-OH is 1. The molecular formula is C20H18ClNO3. The molecule has 0 aliphatic carbocycles. The maximum absolute atomic E-state index is 12.3. The highest BCUT2D eigenvalue weighted by Crippen LogP contribution is 2.27. The number of nitrogens with one attached hydrogen (secondary N) is 1. The summed E-state index contributed by atoms with van der Waals surface area (Å²) in [6.45, 7) is 1.79. The first-order valence-electron chi connectivity index (χ1n) is 7.90. The van der Waals surface area contributed by atoms with Crippen LogP contribution in [0, 0.1) is 6.92 Å². The van der Waals surface area contributed by atoms with Gasteiger partial charge in [0.25, 0.3) is 0 Å². The van der Waals surface area contributed by atoms with Gasteiger partial charge < -0.3 is 14.8 Å². The van der Waals surface area contributed by atoms with Gasteiger partial charge in [-0.2, -0.15) is 0 Å². The topological polar surface area (TPSA) is 62.5 Å². The molecule has 1 aromatic heterocycles. The Balaban J connectivity index is 1.76. The van der Waals surface area contributed by atoms with Gasteiger partial charge in [-0.3, -0.25) is 4.79 Å². The second kappa shape index (κ2) is 7.55. The molecule has 0 atom stereocenters. The highest BCUT2D eigenvalue weighted by molar-refractivity contribution is 6.30. The van der Waals surface area contributed by atoms with Crippen LogP contribution in [-0.2, 0) is 17.8 Å².